The highest BCUT2D eigenvalue weighted by atomic mass is 35.5. The Morgan fingerprint density at radius 2 is 1.77 bits per heavy atom. The van der Waals surface area contributed by atoms with Crippen LogP contribution in [0.15, 0.2) is 66.7 Å². The largest absolute Gasteiger partial charge is 0.488 e. The maximum absolute atomic E-state index is 12.5. The number of aromatic nitrogens is 2. The van der Waals surface area contributed by atoms with Crippen molar-refractivity contribution in [2.24, 2.45) is 0 Å². The van der Waals surface area contributed by atoms with E-state index in [-0.39, 0.29) is 19.2 Å². The number of esters is 1. The highest BCUT2D eigenvalue weighted by molar-refractivity contribution is 7.00. The Kier molecular flexibility index (Phi) is 9.36. The van der Waals surface area contributed by atoms with Gasteiger partial charge in [0.1, 0.15) is 55.0 Å². The Hall–Kier alpha value is -4.42. The summed E-state index contributed by atoms with van der Waals surface area (Å²) in [5, 5.41) is 10.8. The van der Waals surface area contributed by atoms with Gasteiger partial charge in [0, 0.05) is 31.1 Å². The van der Waals surface area contributed by atoms with Crippen LogP contribution in [0.3, 0.4) is 0 Å². The summed E-state index contributed by atoms with van der Waals surface area (Å²) in [5.74, 6) is 2.12. The minimum Gasteiger partial charge on any atom is -0.488 e. The zero-order valence-corrected chi connectivity index (χ0v) is 28.1. The minimum absolute atomic E-state index is 0.265. The van der Waals surface area contributed by atoms with E-state index in [1.54, 1.807) is 12.1 Å². The van der Waals surface area contributed by atoms with Crippen molar-refractivity contribution in [2.45, 2.75) is 45.2 Å². The fourth-order valence-corrected chi connectivity index (χ4v) is 6.95. The van der Waals surface area contributed by atoms with Crippen molar-refractivity contribution in [3.05, 3.63) is 94.0 Å². The number of methoxy groups -OCH3 is 1. The molecule has 2 aliphatic rings. The first kappa shape index (κ1) is 32.1. The van der Waals surface area contributed by atoms with Gasteiger partial charge in [-0.25, -0.2) is 0 Å². The average Bonchev–Trinajstić information content (AvgIpc) is 3.73. The lowest BCUT2D eigenvalue weighted by atomic mass is 9.96. The van der Waals surface area contributed by atoms with Crippen LogP contribution in [0.25, 0.3) is 22.2 Å². The van der Waals surface area contributed by atoms with Crippen molar-refractivity contribution in [3.63, 3.8) is 0 Å². The van der Waals surface area contributed by atoms with Crippen LogP contribution < -0.4 is 18.9 Å². The smallest absolute Gasteiger partial charge is 0.323 e. The van der Waals surface area contributed by atoms with E-state index < -0.39 is 12.1 Å². The number of aliphatic hydroxyl groups excluding tert-OH is 1. The number of carbonyl (C=O) groups excluding carboxylic acids is 1. The van der Waals surface area contributed by atoms with Crippen molar-refractivity contribution >= 4 is 40.3 Å². The first-order chi connectivity index (χ1) is 23.4. The van der Waals surface area contributed by atoms with Gasteiger partial charge in [-0.3, -0.25) is 9.69 Å². The van der Waals surface area contributed by atoms with E-state index >= 15 is 0 Å². The zero-order chi connectivity index (χ0) is 33.2. The molecule has 248 valence electrons. The third-order valence-electron chi connectivity index (χ3n) is 8.74. The molecule has 4 aromatic carbocycles. The molecule has 0 bridgehead atoms. The molecule has 48 heavy (non-hydrogen) atoms. The quantitative estimate of drug-likeness (QED) is 0.167. The minimum atomic E-state index is -0.642. The molecule has 0 radical (unpaired) electrons. The van der Waals surface area contributed by atoms with Crippen molar-refractivity contribution in [3.8, 4) is 34.1 Å². The van der Waals surface area contributed by atoms with Crippen LogP contribution in [0.1, 0.15) is 28.7 Å². The third kappa shape index (κ3) is 6.77. The average molecular weight is 688 g/mol. The van der Waals surface area contributed by atoms with Crippen LogP contribution in [-0.2, 0) is 29.3 Å². The Morgan fingerprint density at radius 3 is 2.62 bits per heavy atom. The highest BCUT2D eigenvalue weighted by Crippen LogP contribution is 2.38. The second kappa shape index (κ2) is 14.0. The number of carbonyl (C=O) groups is 1. The van der Waals surface area contributed by atoms with Gasteiger partial charge in [-0.05, 0) is 65.1 Å². The molecular weight excluding hydrogens is 654 g/mol. The molecule has 0 saturated carbocycles. The number of benzene rings is 4. The Morgan fingerprint density at radius 1 is 0.958 bits per heavy atom. The van der Waals surface area contributed by atoms with E-state index in [9.17, 15) is 9.90 Å². The molecule has 2 aliphatic heterocycles. The van der Waals surface area contributed by atoms with Gasteiger partial charge in [-0.15, -0.1) is 0 Å². The van der Waals surface area contributed by atoms with Gasteiger partial charge in [0.15, 0.2) is 11.5 Å². The predicted octanol–water partition coefficient (Wildman–Crippen LogP) is 6.36. The number of aliphatic hydroxyl groups is 1. The topological polar surface area (TPSA) is 112 Å². The van der Waals surface area contributed by atoms with Crippen LogP contribution in [0.2, 0.25) is 5.02 Å². The maximum atomic E-state index is 12.5. The lowest BCUT2D eigenvalue weighted by Crippen LogP contribution is -2.36. The molecule has 10 nitrogen and oxygen atoms in total. The van der Waals surface area contributed by atoms with E-state index in [1.165, 1.54) is 18.8 Å². The lowest BCUT2D eigenvalue weighted by molar-refractivity contribution is -0.146. The van der Waals surface area contributed by atoms with Crippen molar-refractivity contribution < 1.29 is 33.6 Å². The van der Waals surface area contributed by atoms with E-state index in [0.29, 0.717) is 49.2 Å². The number of fused-ring (bicyclic) bond motifs is 2. The molecule has 2 unspecified atom stereocenters. The molecule has 3 heterocycles. The molecule has 0 spiro atoms. The summed E-state index contributed by atoms with van der Waals surface area (Å²) in [4.78, 5) is 14.4. The van der Waals surface area contributed by atoms with Crippen LogP contribution >= 0.6 is 23.3 Å². The second-order valence-corrected chi connectivity index (χ2v) is 12.8. The predicted molar refractivity (Wildman–Crippen MR) is 182 cm³/mol. The Bertz CT molecular complexity index is 1970. The third-order valence-corrected chi connectivity index (χ3v) is 9.59. The van der Waals surface area contributed by atoms with Crippen molar-refractivity contribution in [2.75, 3.05) is 26.9 Å². The van der Waals surface area contributed by atoms with Gasteiger partial charge in [-0.1, -0.05) is 41.9 Å². The number of nitrogens with zero attached hydrogens (tertiary/aromatic N) is 3. The van der Waals surface area contributed by atoms with E-state index in [1.807, 2.05) is 53.4 Å². The molecule has 1 fully saturated rings. The van der Waals surface area contributed by atoms with Crippen LogP contribution in [0.5, 0.6) is 23.0 Å². The monoisotopic (exact) mass is 687 g/mol. The van der Waals surface area contributed by atoms with Gasteiger partial charge in [0.25, 0.3) is 0 Å². The van der Waals surface area contributed by atoms with Gasteiger partial charge in [-0.2, -0.15) is 8.75 Å². The number of rotatable bonds is 10. The summed E-state index contributed by atoms with van der Waals surface area (Å²) in [7, 11) is 1.35. The van der Waals surface area contributed by atoms with E-state index in [0.717, 1.165) is 55.9 Å². The molecule has 12 heteroatoms. The summed E-state index contributed by atoms with van der Waals surface area (Å²) < 4.78 is 37.9. The SMILES string of the molecule is COC(=O)C1CC(O)CN1Cc1cc(Cl)c(OCc2cccc(-c3ccc4c(c3)OCCO4)c2C)cc1OCc1ccc2nsnc2c1. The first-order valence-corrected chi connectivity index (χ1v) is 16.7. The first-order valence-electron chi connectivity index (χ1n) is 15.6. The molecule has 0 amide bonds. The van der Waals surface area contributed by atoms with Gasteiger partial charge >= 0.3 is 5.97 Å². The lowest BCUT2D eigenvalue weighted by Gasteiger charge is -2.24. The Balaban J connectivity index is 1.14. The maximum Gasteiger partial charge on any atom is 0.323 e. The molecule has 2 atom stereocenters. The van der Waals surface area contributed by atoms with Crippen molar-refractivity contribution in [1.29, 1.82) is 0 Å². The van der Waals surface area contributed by atoms with Gasteiger partial charge < -0.3 is 28.8 Å². The number of halogens is 1. The number of hydrogen-bond acceptors (Lipinski definition) is 11. The fourth-order valence-electron chi connectivity index (χ4n) is 6.20. The highest BCUT2D eigenvalue weighted by Gasteiger charge is 2.37. The van der Waals surface area contributed by atoms with Crippen LogP contribution in [0, 0.1) is 6.92 Å². The Labute approximate surface area is 287 Å². The molecule has 5 aromatic rings. The van der Waals surface area contributed by atoms with E-state index in [4.69, 9.17) is 35.3 Å². The van der Waals surface area contributed by atoms with Gasteiger partial charge in [0.05, 0.1) is 30.0 Å². The standard InChI is InChI=1S/C36H34ClN3O7S/c1-21-24(4-3-5-27(21)23-7-9-32-35(14-23)45-11-10-44-32)20-47-34-16-33(46-19-22-6-8-29-30(12-22)39-48-38-29)25(13-28(34)37)17-40-18-26(41)15-31(40)36(42)43-2/h3-9,12-14,16,26,31,41H,10-11,15,17-20H2,1-2H3. The molecule has 1 aromatic heterocycles. The molecular formula is C36H34ClN3O7S. The molecule has 0 aliphatic carbocycles. The summed E-state index contributed by atoms with van der Waals surface area (Å²) in [6, 6.07) is 21.0. The molecule has 7 rings (SSSR count). The van der Waals surface area contributed by atoms with Gasteiger partial charge in [0.2, 0.25) is 0 Å². The fraction of sp³-hybridized carbons (Fsp3) is 0.306. The summed E-state index contributed by atoms with van der Waals surface area (Å²) in [6.07, 6.45) is -0.347. The normalized spacial score (nSPS) is 17.4. The number of hydrogen-bond donors (Lipinski definition) is 1. The van der Waals surface area contributed by atoms with Crippen LogP contribution in [0.4, 0.5) is 0 Å². The summed E-state index contributed by atoms with van der Waals surface area (Å²) in [6.45, 7) is 4.32. The zero-order valence-electron chi connectivity index (χ0n) is 26.5. The number of ether oxygens (including phenoxy) is 5. The summed E-state index contributed by atoms with van der Waals surface area (Å²) in [5.41, 5.74) is 7.50. The number of β-amino-alcohol motifs (C(OH)–C–C–N with tert-alkyl or cyclic N) is 1. The molecule has 1 saturated heterocycles. The van der Waals surface area contributed by atoms with E-state index in [2.05, 4.69) is 21.7 Å². The van der Waals surface area contributed by atoms with Crippen LogP contribution in [-0.4, -0.2) is 63.7 Å². The molecule has 1 N–H and O–H groups in total. The van der Waals surface area contributed by atoms with Crippen molar-refractivity contribution in [1.82, 2.24) is 13.6 Å². The summed E-state index contributed by atoms with van der Waals surface area (Å²) >= 11 is 8.00. The number of likely N-dealkylation sites (tertiary alicyclic amines) is 1. The second-order valence-electron chi connectivity index (χ2n) is 11.9.